The van der Waals surface area contributed by atoms with Gasteiger partial charge in [0.05, 0.1) is 35.7 Å². The summed E-state index contributed by atoms with van der Waals surface area (Å²) in [5.41, 5.74) is 13.8. The van der Waals surface area contributed by atoms with Gasteiger partial charge in [0.1, 0.15) is 0 Å². The molecule has 1 aromatic heterocycles. The zero-order chi connectivity index (χ0) is 28.3. The van der Waals surface area contributed by atoms with Crippen molar-refractivity contribution in [2.24, 2.45) is 17.6 Å². The van der Waals surface area contributed by atoms with Crippen molar-refractivity contribution in [1.29, 1.82) is 0 Å². The molecule has 8 N–H and O–H groups in total. The molecule has 0 saturated heterocycles. The van der Waals surface area contributed by atoms with Crippen molar-refractivity contribution in [3.63, 3.8) is 0 Å². The summed E-state index contributed by atoms with van der Waals surface area (Å²) in [7, 11) is 0. The third-order valence-corrected chi connectivity index (χ3v) is 5.86. The summed E-state index contributed by atoms with van der Waals surface area (Å²) in [4.78, 5) is 36.5. The van der Waals surface area contributed by atoms with Crippen LogP contribution in [0.1, 0.15) is 56.6 Å². The fourth-order valence-corrected chi connectivity index (χ4v) is 3.03. The Bertz CT molecular complexity index is 1270. The maximum absolute atomic E-state index is 12.0. The van der Waals surface area contributed by atoms with Crippen molar-refractivity contribution in [1.82, 2.24) is 10.3 Å². The normalized spacial score (nSPS) is 12.0. The number of fused-ring (bicyclic) bond motifs is 1. The number of para-hydroxylation sites is 2. The number of H-pyrrole nitrogens is 1. The van der Waals surface area contributed by atoms with E-state index < -0.39 is 11.4 Å². The predicted octanol–water partition coefficient (Wildman–Crippen LogP) is 2.71. The number of carbonyl (C=O) groups is 1. The first kappa shape index (κ1) is 34.5. The summed E-state index contributed by atoms with van der Waals surface area (Å²) in [5.74, 6) is -0.384. The van der Waals surface area contributed by atoms with Gasteiger partial charge in [-0.3, -0.25) is 9.78 Å². The summed E-state index contributed by atoms with van der Waals surface area (Å²) in [5, 5.41) is 20.7. The average Bonchev–Trinajstić information content (AvgIpc) is 2.84. The van der Waals surface area contributed by atoms with Gasteiger partial charge in [-0.05, 0) is 48.9 Å². The zero-order valence-corrected chi connectivity index (χ0v) is 22.4. The zero-order valence-electron chi connectivity index (χ0n) is 22.4. The standard InChI is InChI=1S/C13H20N2O2.C9H7NO3.C5H13NO.CH4/c1-8(2)11(7-16)15-13(17)10-6-4-5-9(3)12(10)14;1-5-3-2-4-6-7(5)10-9(12)13-8(6)11;1-4(2)5(6)3-7;/h4-6,8,11,16H,7,14H2,1-3H3,(H,15,17);2-4H,1H3,(H,10,12);4-5,7H,3,6H2,1-2H3;1H4. The molecule has 0 bridgehead atoms. The highest BCUT2D eigenvalue weighted by Crippen LogP contribution is 2.16. The number of nitrogen functional groups attached to an aromatic ring is 1. The number of aromatic amines is 1. The molecule has 10 nitrogen and oxygen atoms in total. The van der Waals surface area contributed by atoms with Crippen molar-refractivity contribution in [2.45, 2.75) is 61.1 Å². The topological polar surface area (TPSA) is 185 Å². The Morgan fingerprint density at radius 3 is 2.05 bits per heavy atom. The summed E-state index contributed by atoms with van der Waals surface area (Å²) in [6, 6.07) is 10.2. The van der Waals surface area contributed by atoms with Gasteiger partial charge in [-0.1, -0.05) is 59.4 Å². The smallest absolute Gasteiger partial charge is 0.398 e. The minimum absolute atomic E-state index is 0. The molecular formula is C28H44N4O6. The third kappa shape index (κ3) is 10.1. The lowest BCUT2D eigenvalue weighted by Gasteiger charge is -2.20. The molecule has 1 heterocycles. The number of aryl methyl sites for hydroxylation is 2. The first-order valence-corrected chi connectivity index (χ1v) is 12.1. The number of amides is 1. The molecule has 38 heavy (non-hydrogen) atoms. The van der Waals surface area contributed by atoms with Gasteiger partial charge < -0.3 is 31.4 Å². The second kappa shape index (κ2) is 16.4. The van der Waals surface area contributed by atoms with Crippen molar-refractivity contribution in [3.8, 4) is 0 Å². The number of aliphatic hydroxyl groups is 2. The molecule has 10 heteroatoms. The van der Waals surface area contributed by atoms with Crippen LogP contribution in [0.4, 0.5) is 5.69 Å². The molecule has 2 aromatic carbocycles. The maximum atomic E-state index is 12.0. The van der Waals surface area contributed by atoms with E-state index in [1.54, 1.807) is 24.3 Å². The number of hydrogen-bond donors (Lipinski definition) is 6. The van der Waals surface area contributed by atoms with Crippen LogP contribution in [-0.2, 0) is 0 Å². The second-order valence-corrected chi connectivity index (χ2v) is 9.43. The van der Waals surface area contributed by atoms with E-state index in [9.17, 15) is 19.5 Å². The van der Waals surface area contributed by atoms with E-state index in [2.05, 4.69) is 14.7 Å². The van der Waals surface area contributed by atoms with Crippen molar-refractivity contribution < 1.29 is 19.4 Å². The van der Waals surface area contributed by atoms with Gasteiger partial charge in [0.25, 0.3) is 5.91 Å². The second-order valence-electron chi connectivity index (χ2n) is 9.43. The van der Waals surface area contributed by atoms with Crippen LogP contribution >= 0.6 is 0 Å². The van der Waals surface area contributed by atoms with Gasteiger partial charge in [0.15, 0.2) is 0 Å². The quantitative estimate of drug-likeness (QED) is 0.262. The Kier molecular flexibility index (Phi) is 14.9. The van der Waals surface area contributed by atoms with Gasteiger partial charge in [-0.15, -0.1) is 0 Å². The Labute approximate surface area is 224 Å². The van der Waals surface area contributed by atoms with E-state index >= 15 is 0 Å². The number of carbonyl (C=O) groups excluding carboxylic acids is 1. The maximum Gasteiger partial charge on any atom is 0.419 e. The molecular weight excluding hydrogens is 488 g/mol. The van der Waals surface area contributed by atoms with E-state index in [0.29, 0.717) is 28.1 Å². The summed E-state index contributed by atoms with van der Waals surface area (Å²) < 4.78 is 4.38. The summed E-state index contributed by atoms with van der Waals surface area (Å²) >= 11 is 0. The predicted molar refractivity (Wildman–Crippen MR) is 153 cm³/mol. The Morgan fingerprint density at radius 2 is 1.55 bits per heavy atom. The average molecular weight is 533 g/mol. The summed E-state index contributed by atoms with van der Waals surface area (Å²) in [6.07, 6.45) is 0. The molecule has 0 fully saturated rings. The first-order chi connectivity index (χ1) is 17.3. The first-order valence-electron chi connectivity index (χ1n) is 12.1. The SMILES string of the molecule is C.CC(C)C(N)CO.Cc1cccc(C(=O)NC(CO)C(C)C)c1N.Cc1cccc2c(=O)oc(=O)[nH]c12. The highest BCUT2D eigenvalue weighted by molar-refractivity contribution is 5.99. The highest BCUT2D eigenvalue weighted by atomic mass is 16.4. The van der Waals surface area contributed by atoms with Crippen LogP contribution in [0, 0.1) is 25.7 Å². The van der Waals surface area contributed by atoms with E-state index in [1.165, 1.54) is 0 Å². The molecule has 0 radical (unpaired) electrons. The van der Waals surface area contributed by atoms with Crippen LogP contribution in [0.2, 0.25) is 0 Å². The fourth-order valence-electron chi connectivity index (χ4n) is 3.03. The minimum atomic E-state index is -0.716. The monoisotopic (exact) mass is 532 g/mol. The Balaban J connectivity index is 0.000000578. The number of anilines is 1. The molecule has 1 amide bonds. The molecule has 0 aliphatic carbocycles. The van der Waals surface area contributed by atoms with Gasteiger partial charge in [-0.25, -0.2) is 9.59 Å². The Hall–Kier alpha value is -3.47. The molecule has 2 atom stereocenters. The number of rotatable bonds is 6. The summed E-state index contributed by atoms with van der Waals surface area (Å²) in [6.45, 7) is 11.6. The molecule has 0 aliphatic rings. The highest BCUT2D eigenvalue weighted by Gasteiger charge is 2.18. The van der Waals surface area contributed by atoms with E-state index in [1.807, 2.05) is 53.7 Å². The van der Waals surface area contributed by atoms with Crippen molar-refractivity contribution in [2.75, 3.05) is 18.9 Å². The number of nitrogens with one attached hydrogen (secondary N) is 2. The van der Waals surface area contributed by atoms with Crippen molar-refractivity contribution in [3.05, 3.63) is 74.1 Å². The molecule has 0 saturated carbocycles. The number of benzene rings is 2. The molecule has 3 aromatic rings. The van der Waals surface area contributed by atoms with Gasteiger partial charge in [0.2, 0.25) is 0 Å². The van der Waals surface area contributed by atoms with Crippen LogP contribution < -0.4 is 28.2 Å². The van der Waals surface area contributed by atoms with Crippen LogP contribution in [0.15, 0.2) is 50.4 Å². The van der Waals surface area contributed by atoms with Crippen molar-refractivity contribution >= 4 is 22.5 Å². The van der Waals surface area contributed by atoms with Crippen LogP contribution in [-0.4, -0.2) is 46.4 Å². The number of hydrogen-bond acceptors (Lipinski definition) is 8. The molecule has 3 rings (SSSR count). The fraction of sp³-hybridized carbons (Fsp3) is 0.464. The van der Waals surface area contributed by atoms with E-state index in [4.69, 9.17) is 16.6 Å². The third-order valence-electron chi connectivity index (χ3n) is 5.86. The van der Waals surface area contributed by atoms with Crippen LogP contribution in [0.5, 0.6) is 0 Å². The van der Waals surface area contributed by atoms with Gasteiger partial charge in [0, 0.05) is 11.7 Å². The molecule has 0 spiro atoms. The number of aliphatic hydroxyl groups excluding tert-OH is 2. The van der Waals surface area contributed by atoms with Crippen LogP contribution in [0.3, 0.4) is 0 Å². The van der Waals surface area contributed by atoms with Gasteiger partial charge >= 0.3 is 11.4 Å². The minimum Gasteiger partial charge on any atom is -0.398 e. The lowest BCUT2D eigenvalue weighted by molar-refractivity contribution is 0.0897. The largest absolute Gasteiger partial charge is 0.419 e. The molecule has 0 aliphatic heterocycles. The van der Waals surface area contributed by atoms with Gasteiger partial charge in [-0.2, -0.15) is 0 Å². The lowest BCUT2D eigenvalue weighted by Crippen LogP contribution is -2.41. The van der Waals surface area contributed by atoms with Crippen LogP contribution in [0.25, 0.3) is 10.9 Å². The lowest BCUT2D eigenvalue weighted by atomic mass is 10.0. The van der Waals surface area contributed by atoms with E-state index in [0.717, 1.165) is 11.1 Å². The number of aromatic nitrogens is 1. The number of nitrogens with two attached hydrogens (primary N) is 2. The molecule has 212 valence electrons. The Morgan fingerprint density at radius 1 is 0.974 bits per heavy atom. The van der Waals surface area contributed by atoms with E-state index in [-0.39, 0.29) is 44.5 Å². The molecule has 2 unspecified atom stereocenters.